The molecule has 0 unspecified atom stereocenters. The van der Waals surface area contributed by atoms with E-state index in [9.17, 15) is 9.59 Å². The first-order valence-electron chi connectivity index (χ1n) is 5.52. The van der Waals surface area contributed by atoms with Crippen LogP contribution >= 0.6 is 0 Å². The fourth-order valence-corrected chi connectivity index (χ4v) is 1.27. The summed E-state index contributed by atoms with van der Waals surface area (Å²) < 4.78 is 4.78. The second-order valence-corrected chi connectivity index (χ2v) is 4.15. The van der Waals surface area contributed by atoms with E-state index in [1.165, 1.54) is 21.0 Å². The van der Waals surface area contributed by atoms with E-state index in [-0.39, 0.29) is 19.5 Å². The summed E-state index contributed by atoms with van der Waals surface area (Å²) in [4.78, 5) is 24.1. The lowest BCUT2D eigenvalue weighted by Gasteiger charge is -2.34. The van der Waals surface area contributed by atoms with Crippen molar-refractivity contribution in [2.75, 3.05) is 26.8 Å². The summed E-state index contributed by atoms with van der Waals surface area (Å²) in [6, 6.07) is 1.37. The van der Waals surface area contributed by atoms with Crippen molar-refractivity contribution in [2.45, 2.75) is 25.8 Å². The molecule has 2 amide bonds. The van der Waals surface area contributed by atoms with Crippen molar-refractivity contribution < 1.29 is 19.4 Å². The van der Waals surface area contributed by atoms with E-state index in [1.807, 2.05) is 6.07 Å². The molecule has 0 radical (unpaired) electrons. The minimum atomic E-state index is -1.37. The van der Waals surface area contributed by atoms with Crippen molar-refractivity contribution in [1.29, 1.82) is 5.26 Å². The van der Waals surface area contributed by atoms with E-state index in [4.69, 9.17) is 15.1 Å². The molecule has 0 atom stereocenters. The largest absolute Gasteiger partial charge is 0.480 e. The van der Waals surface area contributed by atoms with Crippen LogP contribution < -0.4 is 5.32 Å². The number of hydrogen-bond acceptors (Lipinski definition) is 4. The van der Waals surface area contributed by atoms with Gasteiger partial charge < -0.3 is 20.1 Å². The first-order valence-corrected chi connectivity index (χ1v) is 5.52. The van der Waals surface area contributed by atoms with Gasteiger partial charge in [-0.25, -0.2) is 9.59 Å². The standard InChI is InChI=1S/C11H19N3O4/c1-11(2,9(15)16)14(7-4-5-12)10(17)13-6-8-18-3/h4,6-8H2,1-3H3,(H,13,17)(H,15,16). The topological polar surface area (TPSA) is 103 Å². The lowest BCUT2D eigenvalue weighted by atomic mass is 10.0. The summed E-state index contributed by atoms with van der Waals surface area (Å²) in [5.74, 6) is -1.12. The third-order valence-electron chi connectivity index (χ3n) is 2.47. The van der Waals surface area contributed by atoms with Gasteiger partial charge in [-0.15, -0.1) is 0 Å². The molecule has 18 heavy (non-hydrogen) atoms. The first-order chi connectivity index (χ1) is 8.37. The third kappa shape index (κ3) is 4.59. The van der Waals surface area contributed by atoms with Crippen LogP contribution in [0, 0.1) is 11.3 Å². The van der Waals surface area contributed by atoms with Gasteiger partial charge in [-0.1, -0.05) is 0 Å². The van der Waals surface area contributed by atoms with Gasteiger partial charge in [0, 0.05) is 20.2 Å². The maximum Gasteiger partial charge on any atom is 0.329 e. The van der Waals surface area contributed by atoms with Crippen LogP contribution in [0.3, 0.4) is 0 Å². The van der Waals surface area contributed by atoms with E-state index in [2.05, 4.69) is 5.32 Å². The number of carboxylic acid groups (broad SMARTS) is 1. The van der Waals surface area contributed by atoms with Crippen LogP contribution in [0.15, 0.2) is 0 Å². The molecule has 0 saturated heterocycles. The minimum Gasteiger partial charge on any atom is -0.480 e. The molecule has 0 spiro atoms. The number of nitrogens with one attached hydrogen (secondary N) is 1. The van der Waals surface area contributed by atoms with Gasteiger partial charge in [-0.3, -0.25) is 0 Å². The van der Waals surface area contributed by atoms with Crippen LogP contribution in [0.4, 0.5) is 4.79 Å². The number of amides is 2. The molecule has 0 fully saturated rings. The number of aliphatic carboxylic acids is 1. The highest BCUT2D eigenvalue weighted by molar-refractivity contribution is 5.85. The minimum absolute atomic E-state index is 0.0641. The molecular formula is C11H19N3O4. The highest BCUT2D eigenvalue weighted by Crippen LogP contribution is 2.15. The number of nitrogens with zero attached hydrogens (tertiary/aromatic N) is 2. The highest BCUT2D eigenvalue weighted by atomic mass is 16.5. The normalized spacial score (nSPS) is 10.6. The van der Waals surface area contributed by atoms with Gasteiger partial charge >= 0.3 is 12.0 Å². The molecule has 7 heteroatoms. The zero-order chi connectivity index (χ0) is 14.2. The number of hydrogen-bond donors (Lipinski definition) is 2. The Morgan fingerprint density at radius 1 is 1.50 bits per heavy atom. The Morgan fingerprint density at radius 2 is 2.11 bits per heavy atom. The molecule has 0 aliphatic heterocycles. The Hall–Kier alpha value is -1.81. The number of methoxy groups -OCH3 is 1. The van der Waals surface area contributed by atoms with Crippen molar-refractivity contribution >= 4 is 12.0 Å². The van der Waals surface area contributed by atoms with Gasteiger partial charge in [0.25, 0.3) is 0 Å². The number of urea groups is 1. The number of ether oxygens (including phenoxy) is 1. The van der Waals surface area contributed by atoms with Gasteiger partial charge in [0.2, 0.25) is 0 Å². The summed E-state index contributed by atoms with van der Waals surface area (Å²) in [6.45, 7) is 3.53. The quantitative estimate of drug-likeness (QED) is 0.643. The monoisotopic (exact) mass is 257 g/mol. The van der Waals surface area contributed by atoms with Crippen LogP contribution in [0.2, 0.25) is 0 Å². The second kappa shape index (κ2) is 7.50. The predicted octanol–water partition coefficient (Wildman–Crippen LogP) is 0.421. The summed E-state index contributed by atoms with van der Waals surface area (Å²) in [5, 5.41) is 20.2. The smallest absolute Gasteiger partial charge is 0.329 e. The Balaban J connectivity index is 4.72. The van der Waals surface area contributed by atoms with Crippen LogP contribution in [-0.2, 0) is 9.53 Å². The lowest BCUT2D eigenvalue weighted by Crippen LogP contribution is -2.56. The average Bonchev–Trinajstić information content (AvgIpc) is 2.29. The molecule has 2 N–H and O–H groups in total. The highest BCUT2D eigenvalue weighted by Gasteiger charge is 2.37. The Morgan fingerprint density at radius 3 is 2.56 bits per heavy atom. The molecule has 0 saturated carbocycles. The average molecular weight is 257 g/mol. The Kier molecular flexibility index (Phi) is 6.75. The van der Waals surface area contributed by atoms with Crippen molar-refractivity contribution in [3.05, 3.63) is 0 Å². The van der Waals surface area contributed by atoms with E-state index in [1.54, 1.807) is 0 Å². The fraction of sp³-hybridized carbons (Fsp3) is 0.727. The van der Waals surface area contributed by atoms with Gasteiger partial charge in [0.05, 0.1) is 19.1 Å². The van der Waals surface area contributed by atoms with Gasteiger partial charge in [0.1, 0.15) is 5.54 Å². The van der Waals surface area contributed by atoms with Crippen molar-refractivity contribution in [1.82, 2.24) is 10.2 Å². The summed E-state index contributed by atoms with van der Waals surface area (Å²) in [6.07, 6.45) is 0.0778. The zero-order valence-corrected chi connectivity index (χ0v) is 10.9. The zero-order valence-electron chi connectivity index (χ0n) is 10.9. The van der Waals surface area contributed by atoms with Crippen LogP contribution in [-0.4, -0.2) is 54.4 Å². The Labute approximate surface area is 106 Å². The molecule has 0 aliphatic rings. The molecule has 0 aromatic rings. The van der Waals surface area contributed by atoms with Gasteiger partial charge in [-0.2, -0.15) is 5.26 Å². The number of carboxylic acids is 1. The fourth-order valence-electron chi connectivity index (χ4n) is 1.27. The molecular weight excluding hydrogens is 238 g/mol. The number of carbonyl (C=O) groups is 2. The maximum absolute atomic E-state index is 11.9. The van der Waals surface area contributed by atoms with Crippen molar-refractivity contribution in [3.8, 4) is 6.07 Å². The third-order valence-corrected chi connectivity index (χ3v) is 2.47. The number of nitriles is 1. The summed E-state index contributed by atoms with van der Waals surface area (Å²) in [5.41, 5.74) is -1.37. The lowest BCUT2D eigenvalue weighted by molar-refractivity contribution is -0.147. The van der Waals surface area contributed by atoms with Crippen LogP contribution in [0.1, 0.15) is 20.3 Å². The predicted molar refractivity (Wildman–Crippen MR) is 63.9 cm³/mol. The molecule has 0 aromatic carbocycles. The molecule has 102 valence electrons. The van der Waals surface area contributed by atoms with Crippen molar-refractivity contribution in [2.24, 2.45) is 0 Å². The van der Waals surface area contributed by atoms with E-state index in [0.29, 0.717) is 6.61 Å². The summed E-state index contributed by atoms with van der Waals surface area (Å²) >= 11 is 0. The maximum atomic E-state index is 11.9. The molecule has 0 bridgehead atoms. The number of carbonyl (C=O) groups excluding carboxylic acids is 1. The van der Waals surface area contributed by atoms with E-state index < -0.39 is 17.5 Å². The summed E-state index contributed by atoms with van der Waals surface area (Å²) in [7, 11) is 1.50. The first kappa shape index (κ1) is 16.2. The molecule has 0 aliphatic carbocycles. The number of rotatable bonds is 7. The van der Waals surface area contributed by atoms with E-state index in [0.717, 1.165) is 4.90 Å². The van der Waals surface area contributed by atoms with Crippen molar-refractivity contribution in [3.63, 3.8) is 0 Å². The molecule has 0 rings (SSSR count). The van der Waals surface area contributed by atoms with Gasteiger partial charge in [0.15, 0.2) is 0 Å². The molecule has 7 nitrogen and oxygen atoms in total. The SMILES string of the molecule is COCCNC(=O)N(CCC#N)C(C)(C)C(=O)O. The molecule has 0 aromatic heterocycles. The Bertz CT molecular complexity index is 336. The van der Waals surface area contributed by atoms with E-state index >= 15 is 0 Å². The van der Waals surface area contributed by atoms with Crippen LogP contribution in [0.5, 0.6) is 0 Å². The molecule has 0 heterocycles. The van der Waals surface area contributed by atoms with Gasteiger partial charge in [-0.05, 0) is 13.8 Å². The van der Waals surface area contributed by atoms with Crippen LogP contribution in [0.25, 0.3) is 0 Å². The second-order valence-electron chi connectivity index (χ2n) is 4.15.